The van der Waals surface area contributed by atoms with E-state index in [-0.39, 0.29) is 12.1 Å². The van der Waals surface area contributed by atoms with E-state index >= 15 is 0 Å². The Morgan fingerprint density at radius 3 is 2.74 bits per heavy atom. The van der Waals surface area contributed by atoms with Gasteiger partial charge >= 0.3 is 0 Å². The molecule has 0 saturated heterocycles. The summed E-state index contributed by atoms with van der Waals surface area (Å²) in [6.45, 7) is 4.82. The Balaban J connectivity index is 2.75. The first-order chi connectivity index (χ1) is 9.08. The van der Waals surface area contributed by atoms with Crippen LogP contribution in [0, 0.1) is 11.3 Å². The molecular formula is C15H22N2O2. The zero-order valence-electron chi connectivity index (χ0n) is 11.9. The number of rotatable bonds is 7. The van der Waals surface area contributed by atoms with Gasteiger partial charge in [-0.3, -0.25) is 0 Å². The van der Waals surface area contributed by atoms with Crippen LogP contribution in [0.1, 0.15) is 37.8 Å². The molecule has 0 aromatic heterocycles. The topological polar surface area (TPSA) is 65.3 Å². The molecule has 0 aliphatic rings. The van der Waals surface area contributed by atoms with E-state index in [0.29, 0.717) is 17.9 Å². The van der Waals surface area contributed by atoms with Gasteiger partial charge in [0.1, 0.15) is 11.8 Å². The predicted molar refractivity (Wildman–Crippen MR) is 74.9 cm³/mol. The molecule has 0 spiro atoms. The molecule has 0 saturated carbocycles. The average Bonchev–Trinajstić information content (AvgIpc) is 2.45. The molecule has 0 aliphatic heterocycles. The van der Waals surface area contributed by atoms with E-state index in [2.05, 4.69) is 18.3 Å². The third kappa shape index (κ3) is 4.23. The van der Waals surface area contributed by atoms with E-state index in [0.717, 1.165) is 18.4 Å². The highest BCUT2D eigenvalue weighted by atomic mass is 16.5. The first-order valence-corrected chi connectivity index (χ1v) is 6.51. The van der Waals surface area contributed by atoms with Gasteiger partial charge in [0.05, 0.1) is 19.3 Å². The highest BCUT2D eigenvalue weighted by molar-refractivity contribution is 5.45. The second kappa shape index (κ2) is 7.13. The van der Waals surface area contributed by atoms with Crippen molar-refractivity contribution >= 4 is 0 Å². The lowest BCUT2D eigenvalue weighted by Crippen LogP contribution is -2.45. The van der Waals surface area contributed by atoms with E-state index in [1.54, 1.807) is 13.2 Å². The molecule has 19 heavy (non-hydrogen) atoms. The van der Waals surface area contributed by atoms with E-state index in [1.807, 2.05) is 19.1 Å². The number of ether oxygens (including phenoxy) is 1. The molecule has 0 amide bonds. The third-order valence-electron chi connectivity index (χ3n) is 3.25. The standard InChI is InChI=1S/C15H22N2O2/c1-4-7-15(2,11-18)17-10-12-5-6-14(19-3)13(8-12)9-16/h5-6,8,17-18H,4,7,10-11H2,1-3H3. The fraction of sp³-hybridized carbons (Fsp3) is 0.533. The van der Waals surface area contributed by atoms with Crippen LogP contribution in [0.3, 0.4) is 0 Å². The van der Waals surface area contributed by atoms with Gasteiger partial charge in [-0.1, -0.05) is 19.4 Å². The van der Waals surface area contributed by atoms with Gasteiger partial charge in [0.2, 0.25) is 0 Å². The van der Waals surface area contributed by atoms with Crippen LogP contribution in [0.15, 0.2) is 18.2 Å². The van der Waals surface area contributed by atoms with Gasteiger partial charge < -0.3 is 15.2 Å². The van der Waals surface area contributed by atoms with Crippen molar-refractivity contribution in [1.82, 2.24) is 5.32 Å². The number of nitrogens with zero attached hydrogens (tertiary/aromatic N) is 1. The van der Waals surface area contributed by atoms with Crippen LogP contribution in [0.25, 0.3) is 0 Å². The van der Waals surface area contributed by atoms with Gasteiger partial charge in [0.15, 0.2) is 0 Å². The summed E-state index contributed by atoms with van der Waals surface area (Å²) >= 11 is 0. The second-order valence-electron chi connectivity index (χ2n) is 4.97. The molecular weight excluding hydrogens is 240 g/mol. The maximum Gasteiger partial charge on any atom is 0.136 e. The molecule has 1 atom stereocenters. The number of aliphatic hydroxyl groups is 1. The van der Waals surface area contributed by atoms with Crippen molar-refractivity contribution < 1.29 is 9.84 Å². The van der Waals surface area contributed by atoms with Crippen LogP contribution >= 0.6 is 0 Å². The lowest BCUT2D eigenvalue weighted by molar-refractivity contribution is 0.163. The number of benzene rings is 1. The molecule has 0 heterocycles. The summed E-state index contributed by atoms with van der Waals surface area (Å²) in [6, 6.07) is 7.66. The Hall–Kier alpha value is -1.57. The van der Waals surface area contributed by atoms with Gasteiger partial charge in [0.25, 0.3) is 0 Å². The summed E-state index contributed by atoms with van der Waals surface area (Å²) in [4.78, 5) is 0. The third-order valence-corrected chi connectivity index (χ3v) is 3.25. The lowest BCUT2D eigenvalue weighted by Gasteiger charge is -2.28. The minimum absolute atomic E-state index is 0.0993. The molecule has 0 aliphatic carbocycles. The van der Waals surface area contributed by atoms with Crippen LogP contribution in [0.5, 0.6) is 5.75 Å². The second-order valence-corrected chi connectivity index (χ2v) is 4.97. The number of nitriles is 1. The van der Waals surface area contributed by atoms with Crippen molar-refractivity contribution in [3.8, 4) is 11.8 Å². The molecule has 1 rings (SSSR count). The average molecular weight is 262 g/mol. The molecule has 1 aromatic carbocycles. The Labute approximate surface area is 115 Å². The minimum atomic E-state index is -0.276. The molecule has 104 valence electrons. The Kier molecular flexibility index (Phi) is 5.81. The molecule has 0 bridgehead atoms. The first-order valence-electron chi connectivity index (χ1n) is 6.51. The quantitative estimate of drug-likeness (QED) is 0.790. The summed E-state index contributed by atoms with van der Waals surface area (Å²) in [5.41, 5.74) is 1.26. The SMILES string of the molecule is CCCC(C)(CO)NCc1ccc(OC)c(C#N)c1. The molecule has 1 unspecified atom stereocenters. The zero-order chi connectivity index (χ0) is 14.3. The van der Waals surface area contributed by atoms with Gasteiger partial charge in [0, 0.05) is 12.1 Å². The zero-order valence-corrected chi connectivity index (χ0v) is 11.9. The van der Waals surface area contributed by atoms with Crippen LogP contribution in [0.4, 0.5) is 0 Å². The molecule has 0 radical (unpaired) electrons. The van der Waals surface area contributed by atoms with Gasteiger partial charge in [-0.05, 0) is 31.0 Å². The summed E-state index contributed by atoms with van der Waals surface area (Å²) < 4.78 is 5.11. The van der Waals surface area contributed by atoms with E-state index in [1.165, 1.54) is 0 Å². The van der Waals surface area contributed by atoms with Gasteiger partial charge in [-0.25, -0.2) is 0 Å². The maximum absolute atomic E-state index is 9.44. The Bertz CT molecular complexity index is 454. The van der Waals surface area contributed by atoms with Crippen molar-refractivity contribution in [2.45, 2.75) is 38.8 Å². The summed E-state index contributed by atoms with van der Waals surface area (Å²) in [6.07, 6.45) is 1.92. The van der Waals surface area contributed by atoms with E-state index in [4.69, 9.17) is 10.00 Å². The number of hydrogen-bond donors (Lipinski definition) is 2. The summed E-state index contributed by atoms with van der Waals surface area (Å²) in [5.74, 6) is 0.588. The fourth-order valence-electron chi connectivity index (χ4n) is 2.04. The van der Waals surface area contributed by atoms with E-state index in [9.17, 15) is 5.11 Å². The van der Waals surface area contributed by atoms with Crippen molar-refractivity contribution in [3.63, 3.8) is 0 Å². The minimum Gasteiger partial charge on any atom is -0.495 e. The number of methoxy groups -OCH3 is 1. The molecule has 4 nitrogen and oxygen atoms in total. The van der Waals surface area contributed by atoms with Crippen LogP contribution in [-0.2, 0) is 6.54 Å². The van der Waals surface area contributed by atoms with Crippen LogP contribution in [-0.4, -0.2) is 24.4 Å². The summed E-state index contributed by atoms with van der Waals surface area (Å²) in [7, 11) is 1.55. The Morgan fingerprint density at radius 1 is 1.47 bits per heavy atom. The van der Waals surface area contributed by atoms with Crippen molar-refractivity contribution in [2.24, 2.45) is 0 Å². The van der Waals surface area contributed by atoms with Gasteiger partial charge in [-0.2, -0.15) is 5.26 Å². The molecule has 2 N–H and O–H groups in total. The number of nitrogens with one attached hydrogen (secondary N) is 1. The van der Waals surface area contributed by atoms with Gasteiger partial charge in [-0.15, -0.1) is 0 Å². The largest absolute Gasteiger partial charge is 0.495 e. The normalized spacial score (nSPS) is 13.6. The van der Waals surface area contributed by atoms with Crippen molar-refractivity contribution in [2.75, 3.05) is 13.7 Å². The highest BCUT2D eigenvalue weighted by Gasteiger charge is 2.21. The molecule has 0 fully saturated rings. The molecule has 4 heteroatoms. The maximum atomic E-state index is 9.44. The Morgan fingerprint density at radius 2 is 2.21 bits per heavy atom. The van der Waals surface area contributed by atoms with Crippen LogP contribution in [0.2, 0.25) is 0 Å². The summed E-state index contributed by atoms with van der Waals surface area (Å²) in [5, 5.41) is 21.8. The van der Waals surface area contributed by atoms with E-state index < -0.39 is 0 Å². The lowest BCUT2D eigenvalue weighted by atomic mass is 9.96. The highest BCUT2D eigenvalue weighted by Crippen LogP contribution is 2.19. The van der Waals surface area contributed by atoms with Crippen molar-refractivity contribution in [3.05, 3.63) is 29.3 Å². The predicted octanol–water partition coefficient (Wildman–Crippen LogP) is 2.21. The molecule has 1 aromatic rings. The monoisotopic (exact) mass is 262 g/mol. The number of hydrogen-bond acceptors (Lipinski definition) is 4. The van der Waals surface area contributed by atoms with Crippen molar-refractivity contribution in [1.29, 1.82) is 5.26 Å². The number of aliphatic hydroxyl groups excluding tert-OH is 1. The fourth-order valence-corrected chi connectivity index (χ4v) is 2.04. The first kappa shape index (κ1) is 15.5. The van der Waals surface area contributed by atoms with Crippen LogP contribution < -0.4 is 10.1 Å². The smallest absolute Gasteiger partial charge is 0.136 e.